The smallest absolute Gasteiger partial charge is 0.309 e. The average molecular weight is 360 g/mol. The van der Waals surface area contributed by atoms with Crippen LogP contribution < -0.4 is 0 Å². The maximum atomic E-state index is 13.5. The average Bonchev–Trinajstić information content (AvgIpc) is 2.76. The summed E-state index contributed by atoms with van der Waals surface area (Å²) in [4.78, 5) is 24.9. The summed E-state index contributed by atoms with van der Waals surface area (Å²) in [7, 11) is 1.50. The standard InChI is InChI=1S/C14H15BrFNO4/c1-21-5-4-17-12(18)7-10(14(19)20)13(17)9-6-8(16)2-3-11(9)15/h2-3,6,10,13H,4-5,7H2,1H3,(H,19,20). The fourth-order valence-corrected chi connectivity index (χ4v) is 3.07. The summed E-state index contributed by atoms with van der Waals surface area (Å²) in [5, 5.41) is 9.35. The zero-order chi connectivity index (χ0) is 15.6. The number of carbonyl (C=O) groups excluding carboxylic acids is 1. The predicted molar refractivity (Wildman–Crippen MR) is 76.2 cm³/mol. The molecule has 0 spiro atoms. The van der Waals surface area contributed by atoms with Gasteiger partial charge in [-0.3, -0.25) is 9.59 Å². The number of carboxylic acid groups (broad SMARTS) is 1. The van der Waals surface area contributed by atoms with E-state index in [0.29, 0.717) is 16.6 Å². The molecule has 114 valence electrons. The van der Waals surface area contributed by atoms with Crippen LogP contribution in [0.1, 0.15) is 18.0 Å². The van der Waals surface area contributed by atoms with Crippen LogP contribution in [0.15, 0.2) is 22.7 Å². The number of ether oxygens (including phenoxy) is 1. The molecule has 1 aromatic carbocycles. The van der Waals surface area contributed by atoms with E-state index in [1.54, 1.807) is 0 Å². The summed E-state index contributed by atoms with van der Waals surface area (Å²) in [5.74, 6) is -2.69. The number of amides is 1. The van der Waals surface area contributed by atoms with Crippen molar-refractivity contribution in [1.82, 2.24) is 4.90 Å². The van der Waals surface area contributed by atoms with Crippen LogP contribution in [-0.4, -0.2) is 42.1 Å². The van der Waals surface area contributed by atoms with E-state index in [1.807, 2.05) is 0 Å². The molecule has 0 aromatic heterocycles. The molecule has 1 heterocycles. The monoisotopic (exact) mass is 359 g/mol. The van der Waals surface area contributed by atoms with E-state index in [-0.39, 0.29) is 18.9 Å². The number of carbonyl (C=O) groups is 2. The van der Waals surface area contributed by atoms with E-state index in [0.717, 1.165) is 0 Å². The lowest BCUT2D eigenvalue weighted by atomic mass is 9.93. The number of aliphatic carboxylic acids is 1. The quantitative estimate of drug-likeness (QED) is 0.875. The zero-order valence-electron chi connectivity index (χ0n) is 11.4. The second kappa shape index (κ2) is 6.53. The van der Waals surface area contributed by atoms with Crippen LogP contribution in [0.3, 0.4) is 0 Å². The molecule has 1 amide bonds. The number of benzene rings is 1. The van der Waals surface area contributed by atoms with E-state index in [2.05, 4.69) is 15.9 Å². The van der Waals surface area contributed by atoms with E-state index >= 15 is 0 Å². The molecule has 1 aliphatic rings. The number of methoxy groups -OCH3 is 1. The second-order valence-electron chi connectivity index (χ2n) is 4.84. The summed E-state index contributed by atoms with van der Waals surface area (Å²) in [6.07, 6.45) is -0.0906. The van der Waals surface area contributed by atoms with Crippen LogP contribution in [-0.2, 0) is 14.3 Å². The van der Waals surface area contributed by atoms with Gasteiger partial charge in [-0.1, -0.05) is 15.9 Å². The van der Waals surface area contributed by atoms with Crippen LogP contribution in [0.5, 0.6) is 0 Å². The first-order chi connectivity index (χ1) is 9.95. The van der Waals surface area contributed by atoms with Crippen molar-refractivity contribution >= 4 is 27.8 Å². The maximum Gasteiger partial charge on any atom is 0.309 e. The minimum atomic E-state index is -1.07. The normalized spacial score (nSPS) is 21.9. The van der Waals surface area contributed by atoms with Crippen molar-refractivity contribution in [3.8, 4) is 0 Å². The number of likely N-dealkylation sites (tertiary alicyclic amines) is 1. The lowest BCUT2D eigenvalue weighted by Gasteiger charge is -2.28. The Morgan fingerprint density at radius 1 is 1.57 bits per heavy atom. The van der Waals surface area contributed by atoms with E-state index in [9.17, 15) is 19.1 Å². The first-order valence-corrected chi connectivity index (χ1v) is 7.21. The van der Waals surface area contributed by atoms with Gasteiger partial charge < -0.3 is 14.7 Å². The van der Waals surface area contributed by atoms with Crippen molar-refractivity contribution in [3.63, 3.8) is 0 Å². The highest BCUT2D eigenvalue weighted by molar-refractivity contribution is 9.10. The Morgan fingerprint density at radius 3 is 2.90 bits per heavy atom. The number of halogens is 2. The largest absolute Gasteiger partial charge is 0.481 e. The highest BCUT2D eigenvalue weighted by Gasteiger charge is 2.45. The van der Waals surface area contributed by atoms with Crippen LogP contribution >= 0.6 is 15.9 Å². The molecule has 0 saturated carbocycles. The Morgan fingerprint density at radius 2 is 2.29 bits per heavy atom. The van der Waals surface area contributed by atoms with Crippen LogP contribution in [0.25, 0.3) is 0 Å². The first kappa shape index (κ1) is 15.9. The molecule has 0 aliphatic carbocycles. The molecule has 2 unspecified atom stereocenters. The maximum absolute atomic E-state index is 13.5. The second-order valence-corrected chi connectivity index (χ2v) is 5.69. The molecule has 1 fully saturated rings. The predicted octanol–water partition coefficient (Wildman–Crippen LogP) is 2.21. The van der Waals surface area contributed by atoms with Gasteiger partial charge in [-0.25, -0.2) is 4.39 Å². The number of hydrogen-bond acceptors (Lipinski definition) is 3. The van der Waals surface area contributed by atoms with Crippen molar-refractivity contribution in [3.05, 3.63) is 34.1 Å². The Kier molecular flexibility index (Phi) is 4.95. The number of nitrogens with zero attached hydrogens (tertiary/aromatic N) is 1. The van der Waals surface area contributed by atoms with Crippen molar-refractivity contribution in [2.75, 3.05) is 20.3 Å². The molecule has 1 N–H and O–H groups in total. The van der Waals surface area contributed by atoms with Crippen molar-refractivity contribution < 1.29 is 23.8 Å². The van der Waals surface area contributed by atoms with E-state index < -0.39 is 23.7 Å². The van der Waals surface area contributed by atoms with Crippen molar-refractivity contribution in [2.24, 2.45) is 5.92 Å². The summed E-state index contributed by atoms with van der Waals surface area (Å²) >= 11 is 3.30. The van der Waals surface area contributed by atoms with Gasteiger partial charge in [-0.15, -0.1) is 0 Å². The molecule has 2 rings (SSSR count). The number of carboxylic acids is 1. The van der Waals surface area contributed by atoms with Crippen molar-refractivity contribution in [1.29, 1.82) is 0 Å². The SMILES string of the molecule is COCCN1C(=O)CC(C(=O)O)C1c1cc(F)ccc1Br. The van der Waals surface area contributed by atoms with Gasteiger partial charge in [0.25, 0.3) is 0 Å². The Labute approximate surface area is 129 Å². The molecule has 7 heteroatoms. The van der Waals surface area contributed by atoms with Gasteiger partial charge in [0.1, 0.15) is 5.82 Å². The minimum Gasteiger partial charge on any atom is -0.481 e. The Balaban J connectivity index is 2.43. The lowest BCUT2D eigenvalue weighted by Crippen LogP contribution is -2.33. The Bertz CT molecular complexity index is 566. The zero-order valence-corrected chi connectivity index (χ0v) is 13.0. The number of rotatable bonds is 5. The molecule has 1 aliphatic heterocycles. The van der Waals surface area contributed by atoms with Crippen molar-refractivity contribution in [2.45, 2.75) is 12.5 Å². The lowest BCUT2D eigenvalue weighted by molar-refractivity contribution is -0.142. The summed E-state index contributed by atoms with van der Waals surface area (Å²) in [6.45, 7) is 0.564. The molecule has 0 bridgehead atoms. The highest BCUT2D eigenvalue weighted by atomic mass is 79.9. The summed E-state index contributed by atoms with van der Waals surface area (Å²) in [5.41, 5.74) is 0.462. The van der Waals surface area contributed by atoms with Gasteiger partial charge in [0.15, 0.2) is 0 Å². The Hall–Kier alpha value is -1.47. The van der Waals surface area contributed by atoms with Gasteiger partial charge in [-0.05, 0) is 23.8 Å². The minimum absolute atomic E-state index is 0.0906. The molecule has 2 atom stereocenters. The first-order valence-electron chi connectivity index (χ1n) is 6.42. The van der Waals surface area contributed by atoms with Crippen LogP contribution in [0.2, 0.25) is 0 Å². The molecular weight excluding hydrogens is 345 g/mol. The number of hydrogen-bond donors (Lipinski definition) is 1. The summed E-state index contributed by atoms with van der Waals surface area (Å²) in [6, 6.07) is 3.36. The van der Waals surface area contributed by atoms with E-state index in [1.165, 1.54) is 30.2 Å². The van der Waals surface area contributed by atoms with Crippen LogP contribution in [0, 0.1) is 11.7 Å². The summed E-state index contributed by atoms with van der Waals surface area (Å²) < 4.78 is 19.0. The van der Waals surface area contributed by atoms with Gasteiger partial charge in [0.2, 0.25) is 5.91 Å². The van der Waals surface area contributed by atoms with Gasteiger partial charge >= 0.3 is 5.97 Å². The third kappa shape index (κ3) is 3.24. The van der Waals surface area contributed by atoms with Gasteiger partial charge in [-0.2, -0.15) is 0 Å². The fraction of sp³-hybridized carbons (Fsp3) is 0.429. The molecular formula is C14H15BrFNO4. The molecule has 1 aromatic rings. The topological polar surface area (TPSA) is 66.8 Å². The van der Waals surface area contributed by atoms with Gasteiger partial charge in [0.05, 0.1) is 18.6 Å². The van der Waals surface area contributed by atoms with E-state index in [4.69, 9.17) is 4.74 Å². The molecule has 5 nitrogen and oxygen atoms in total. The van der Waals surface area contributed by atoms with Gasteiger partial charge in [0, 0.05) is 24.5 Å². The molecule has 0 radical (unpaired) electrons. The fourth-order valence-electron chi connectivity index (χ4n) is 2.59. The molecule has 21 heavy (non-hydrogen) atoms. The van der Waals surface area contributed by atoms with Crippen LogP contribution in [0.4, 0.5) is 4.39 Å². The third-order valence-corrected chi connectivity index (χ3v) is 4.28. The molecule has 1 saturated heterocycles. The highest BCUT2D eigenvalue weighted by Crippen LogP contribution is 2.41. The third-order valence-electron chi connectivity index (χ3n) is 3.56.